The molecule has 100 valence electrons. The van der Waals surface area contributed by atoms with Crippen LogP contribution < -0.4 is 5.32 Å². The van der Waals surface area contributed by atoms with E-state index in [9.17, 15) is 4.79 Å². The number of anilines is 1. The van der Waals surface area contributed by atoms with E-state index in [1.165, 1.54) is 5.56 Å². The SMILES string of the molecule is CSCCOC(=O)[C@H](C)Nc1ccc(C)cc1C. The standard InChI is InChI=1S/C14H21NO2S/c1-10-5-6-13(11(2)9-10)15-12(3)14(16)17-7-8-18-4/h5-6,9,12,15H,7-8H2,1-4H3/t12-/m0/s1. The predicted octanol–water partition coefficient (Wildman–Crippen LogP) is 3.01. The molecule has 4 heteroatoms. The highest BCUT2D eigenvalue weighted by molar-refractivity contribution is 7.98. The van der Waals surface area contributed by atoms with Crippen LogP contribution in [0.3, 0.4) is 0 Å². The molecule has 0 saturated carbocycles. The van der Waals surface area contributed by atoms with Gasteiger partial charge in [0, 0.05) is 11.4 Å². The first kappa shape index (κ1) is 14.9. The summed E-state index contributed by atoms with van der Waals surface area (Å²) >= 11 is 1.67. The Kier molecular flexibility index (Phi) is 6.05. The Balaban J connectivity index is 2.53. The van der Waals surface area contributed by atoms with Crippen molar-refractivity contribution in [2.24, 2.45) is 0 Å². The largest absolute Gasteiger partial charge is 0.463 e. The van der Waals surface area contributed by atoms with Crippen molar-refractivity contribution in [3.05, 3.63) is 29.3 Å². The quantitative estimate of drug-likeness (QED) is 0.635. The molecule has 0 bridgehead atoms. The van der Waals surface area contributed by atoms with Gasteiger partial charge < -0.3 is 10.1 Å². The maximum absolute atomic E-state index is 11.7. The van der Waals surface area contributed by atoms with Crippen molar-refractivity contribution >= 4 is 23.4 Å². The summed E-state index contributed by atoms with van der Waals surface area (Å²) in [5.74, 6) is 0.631. The Labute approximate surface area is 113 Å². The van der Waals surface area contributed by atoms with Crippen LogP contribution in [0.5, 0.6) is 0 Å². The molecule has 3 nitrogen and oxygen atoms in total. The zero-order valence-corrected chi connectivity index (χ0v) is 12.3. The fourth-order valence-electron chi connectivity index (χ4n) is 1.62. The summed E-state index contributed by atoms with van der Waals surface area (Å²) in [6.07, 6.45) is 1.99. The van der Waals surface area contributed by atoms with Crippen LogP contribution in [0.4, 0.5) is 5.69 Å². The Morgan fingerprint density at radius 1 is 1.44 bits per heavy atom. The number of nitrogens with one attached hydrogen (secondary N) is 1. The zero-order valence-electron chi connectivity index (χ0n) is 11.4. The molecule has 0 fully saturated rings. The molecule has 0 aliphatic rings. The van der Waals surface area contributed by atoms with Gasteiger partial charge in [0.1, 0.15) is 12.6 Å². The Morgan fingerprint density at radius 3 is 2.78 bits per heavy atom. The highest BCUT2D eigenvalue weighted by Crippen LogP contribution is 2.17. The number of benzene rings is 1. The predicted molar refractivity (Wildman–Crippen MR) is 78.3 cm³/mol. The van der Waals surface area contributed by atoms with Crippen LogP contribution in [0.2, 0.25) is 0 Å². The molecule has 0 spiro atoms. The van der Waals surface area contributed by atoms with E-state index in [1.807, 2.05) is 32.2 Å². The summed E-state index contributed by atoms with van der Waals surface area (Å²) < 4.78 is 5.16. The first-order valence-electron chi connectivity index (χ1n) is 6.04. The summed E-state index contributed by atoms with van der Waals surface area (Å²) in [4.78, 5) is 11.7. The number of rotatable bonds is 6. The fraction of sp³-hybridized carbons (Fsp3) is 0.500. The molecule has 1 atom stereocenters. The molecule has 0 radical (unpaired) electrons. The van der Waals surface area contributed by atoms with Gasteiger partial charge in [-0.1, -0.05) is 17.7 Å². The van der Waals surface area contributed by atoms with E-state index >= 15 is 0 Å². The minimum atomic E-state index is -0.326. The molecule has 18 heavy (non-hydrogen) atoms. The van der Waals surface area contributed by atoms with Crippen molar-refractivity contribution in [2.75, 3.05) is 23.9 Å². The number of hydrogen-bond acceptors (Lipinski definition) is 4. The monoisotopic (exact) mass is 267 g/mol. The van der Waals surface area contributed by atoms with Crippen LogP contribution in [0, 0.1) is 13.8 Å². The van der Waals surface area contributed by atoms with Gasteiger partial charge in [-0.25, -0.2) is 4.79 Å². The molecular weight excluding hydrogens is 246 g/mol. The van der Waals surface area contributed by atoms with Crippen molar-refractivity contribution in [3.63, 3.8) is 0 Å². The lowest BCUT2D eigenvalue weighted by molar-refractivity contribution is -0.143. The van der Waals surface area contributed by atoms with Crippen LogP contribution in [-0.2, 0) is 9.53 Å². The first-order valence-corrected chi connectivity index (χ1v) is 7.43. The average molecular weight is 267 g/mol. The third-order valence-electron chi connectivity index (χ3n) is 2.64. The normalized spacial score (nSPS) is 12.0. The number of aryl methyl sites for hydroxylation is 2. The summed E-state index contributed by atoms with van der Waals surface area (Å²) in [7, 11) is 0. The van der Waals surface area contributed by atoms with Crippen LogP contribution in [-0.4, -0.2) is 30.6 Å². The van der Waals surface area contributed by atoms with E-state index in [2.05, 4.69) is 18.3 Å². The molecule has 0 aromatic heterocycles. The third kappa shape index (κ3) is 4.61. The van der Waals surface area contributed by atoms with E-state index in [1.54, 1.807) is 11.8 Å². The van der Waals surface area contributed by atoms with Crippen LogP contribution >= 0.6 is 11.8 Å². The van der Waals surface area contributed by atoms with Crippen molar-refractivity contribution in [3.8, 4) is 0 Å². The van der Waals surface area contributed by atoms with Gasteiger partial charge in [0.05, 0.1) is 0 Å². The van der Waals surface area contributed by atoms with Gasteiger partial charge in [-0.2, -0.15) is 11.8 Å². The number of thioether (sulfide) groups is 1. The van der Waals surface area contributed by atoms with Crippen molar-refractivity contribution in [2.45, 2.75) is 26.8 Å². The van der Waals surface area contributed by atoms with Gasteiger partial charge in [0.2, 0.25) is 0 Å². The lowest BCUT2D eigenvalue weighted by Gasteiger charge is -2.16. The highest BCUT2D eigenvalue weighted by atomic mass is 32.2. The van der Waals surface area contributed by atoms with Crippen LogP contribution in [0.15, 0.2) is 18.2 Å². The van der Waals surface area contributed by atoms with Crippen molar-refractivity contribution in [1.29, 1.82) is 0 Å². The van der Waals surface area contributed by atoms with Crippen LogP contribution in [0.25, 0.3) is 0 Å². The van der Waals surface area contributed by atoms with Crippen molar-refractivity contribution in [1.82, 2.24) is 0 Å². The number of hydrogen-bond donors (Lipinski definition) is 1. The molecule has 0 aliphatic heterocycles. The minimum absolute atomic E-state index is 0.205. The lowest BCUT2D eigenvalue weighted by Crippen LogP contribution is -2.29. The average Bonchev–Trinajstić information content (AvgIpc) is 2.32. The Morgan fingerprint density at radius 2 is 2.17 bits per heavy atom. The number of ether oxygens (including phenoxy) is 1. The summed E-state index contributed by atoms with van der Waals surface area (Å²) in [5, 5.41) is 3.18. The maximum atomic E-state index is 11.7. The van der Waals surface area contributed by atoms with Gasteiger partial charge in [-0.05, 0) is 38.7 Å². The van der Waals surface area contributed by atoms with E-state index in [0.717, 1.165) is 17.0 Å². The first-order chi connectivity index (χ1) is 8.54. The minimum Gasteiger partial charge on any atom is -0.463 e. The highest BCUT2D eigenvalue weighted by Gasteiger charge is 2.14. The number of esters is 1. The molecule has 1 aromatic rings. The maximum Gasteiger partial charge on any atom is 0.328 e. The third-order valence-corrected chi connectivity index (χ3v) is 3.21. The number of carbonyl (C=O) groups excluding carboxylic acids is 1. The molecule has 0 aliphatic carbocycles. The van der Waals surface area contributed by atoms with Gasteiger partial charge >= 0.3 is 5.97 Å². The molecule has 0 heterocycles. The van der Waals surface area contributed by atoms with Gasteiger partial charge in [0.25, 0.3) is 0 Å². The van der Waals surface area contributed by atoms with E-state index in [4.69, 9.17) is 4.74 Å². The van der Waals surface area contributed by atoms with Crippen LogP contribution in [0.1, 0.15) is 18.1 Å². The molecule has 1 rings (SSSR count). The smallest absolute Gasteiger partial charge is 0.328 e. The summed E-state index contributed by atoms with van der Waals surface area (Å²) in [5.41, 5.74) is 3.34. The molecule has 1 aromatic carbocycles. The van der Waals surface area contributed by atoms with Gasteiger partial charge in [0.15, 0.2) is 0 Å². The van der Waals surface area contributed by atoms with E-state index in [0.29, 0.717) is 6.61 Å². The molecule has 0 saturated heterocycles. The molecule has 0 unspecified atom stereocenters. The fourth-order valence-corrected chi connectivity index (χ4v) is 1.87. The molecule has 1 N–H and O–H groups in total. The Bertz CT molecular complexity index is 407. The molecular formula is C14H21NO2S. The summed E-state index contributed by atoms with van der Waals surface area (Å²) in [6.45, 7) is 6.37. The van der Waals surface area contributed by atoms with Gasteiger partial charge in [-0.3, -0.25) is 0 Å². The lowest BCUT2D eigenvalue weighted by atomic mass is 10.1. The topological polar surface area (TPSA) is 38.3 Å². The Hall–Kier alpha value is -1.16. The summed E-state index contributed by atoms with van der Waals surface area (Å²) in [6, 6.07) is 5.79. The van der Waals surface area contributed by atoms with Gasteiger partial charge in [-0.15, -0.1) is 0 Å². The van der Waals surface area contributed by atoms with Crippen molar-refractivity contribution < 1.29 is 9.53 Å². The zero-order chi connectivity index (χ0) is 13.5. The van der Waals surface area contributed by atoms with E-state index < -0.39 is 0 Å². The number of carbonyl (C=O) groups is 1. The van der Waals surface area contributed by atoms with E-state index in [-0.39, 0.29) is 12.0 Å². The second-order valence-corrected chi connectivity index (χ2v) is 5.33. The molecule has 0 amide bonds. The second kappa shape index (κ2) is 7.31. The second-order valence-electron chi connectivity index (χ2n) is 4.34.